The van der Waals surface area contributed by atoms with Crippen LogP contribution < -0.4 is 4.90 Å². The van der Waals surface area contributed by atoms with Crippen LogP contribution in [0, 0.1) is 10.4 Å². The number of rotatable bonds is 1. The molecule has 0 aromatic carbocycles. The third kappa shape index (κ3) is 1.29. The van der Waals surface area contributed by atoms with Crippen molar-refractivity contribution in [2.45, 2.75) is 12.0 Å². The molecule has 3 rings (SSSR count). The van der Waals surface area contributed by atoms with Crippen LogP contribution in [-0.4, -0.2) is 41.8 Å². The smallest absolute Gasteiger partial charge is 0.337 e. The third-order valence-corrected chi connectivity index (χ3v) is 2.80. The Balaban J connectivity index is 2.18. The molecule has 0 saturated carbocycles. The molecular formula is C8H8N4O5. The maximum atomic E-state index is 11.5. The highest BCUT2D eigenvalue weighted by atomic mass is 16.9. The molecule has 2 atom stereocenters. The number of hydrogen-bond donors (Lipinski definition) is 0. The fourth-order valence-corrected chi connectivity index (χ4v) is 1.98. The molecule has 2 aliphatic heterocycles. The Bertz CT molecular complexity index is 522. The SMILES string of the molecule is COC1CO[N+]([O-])=C2C=Nc3no[n+]([O-])c3C21. The van der Waals surface area contributed by atoms with Crippen molar-refractivity contribution in [1.82, 2.24) is 5.16 Å². The standard InChI is InChI=1S/C8H8N4O5/c1-15-5-3-16-11(13)4-2-9-8-7(6(4)5)12(14)17-10-8/h2,5-6H,3H2,1H3. The van der Waals surface area contributed by atoms with Crippen molar-refractivity contribution >= 4 is 17.7 Å². The quantitative estimate of drug-likeness (QED) is 0.583. The second-order valence-corrected chi connectivity index (χ2v) is 3.63. The topological polar surface area (TPSA) is 110 Å². The lowest BCUT2D eigenvalue weighted by Gasteiger charge is -2.28. The van der Waals surface area contributed by atoms with Gasteiger partial charge >= 0.3 is 5.82 Å². The Labute approximate surface area is 94.6 Å². The van der Waals surface area contributed by atoms with E-state index in [4.69, 9.17) is 9.57 Å². The molecule has 3 heterocycles. The maximum absolute atomic E-state index is 11.5. The Hall–Kier alpha value is -2.16. The molecule has 17 heavy (non-hydrogen) atoms. The number of methoxy groups -OCH3 is 1. The largest absolute Gasteiger partial charge is 0.400 e. The summed E-state index contributed by atoms with van der Waals surface area (Å²) in [6.07, 6.45) is 0.841. The second-order valence-electron chi connectivity index (χ2n) is 3.63. The highest BCUT2D eigenvalue weighted by Gasteiger charge is 2.47. The lowest BCUT2D eigenvalue weighted by atomic mass is 9.91. The first-order valence-corrected chi connectivity index (χ1v) is 4.86. The Kier molecular flexibility index (Phi) is 2.01. The van der Waals surface area contributed by atoms with E-state index in [0.717, 1.165) is 0 Å². The van der Waals surface area contributed by atoms with E-state index in [1.165, 1.54) is 13.3 Å². The van der Waals surface area contributed by atoms with E-state index in [-0.39, 0.29) is 28.7 Å². The van der Waals surface area contributed by atoms with E-state index in [0.29, 0.717) is 4.90 Å². The van der Waals surface area contributed by atoms with Gasteiger partial charge in [0, 0.05) is 12.0 Å². The van der Waals surface area contributed by atoms with Crippen LogP contribution >= 0.6 is 0 Å². The molecule has 0 spiro atoms. The molecule has 0 N–H and O–H groups in total. The summed E-state index contributed by atoms with van der Waals surface area (Å²) in [5.41, 5.74) is 0.363. The first kappa shape index (κ1) is 10.0. The predicted molar refractivity (Wildman–Crippen MR) is 51.7 cm³/mol. The second kappa shape index (κ2) is 3.42. The monoisotopic (exact) mass is 240 g/mol. The molecule has 0 aliphatic carbocycles. The van der Waals surface area contributed by atoms with E-state index in [1.807, 2.05) is 0 Å². The van der Waals surface area contributed by atoms with E-state index in [2.05, 4.69) is 14.8 Å². The van der Waals surface area contributed by atoms with Gasteiger partial charge in [-0.2, -0.15) is 0 Å². The fraction of sp³-hybridized carbons (Fsp3) is 0.500. The molecule has 9 nitrogen and oxygen atoms in total. The number of aliphatic imine (C=N–C) groups is 1. The first-order valence-electron chi connectivity index (χ1n) is 4.86. The minimum absolute atomic E-state index is 0.0482. The molecule has 0 saturated heterocycles. The molecule has 90 valence electrons. The summed E-state index contributed by atoms with van der Waals surface area (Å²) >= 11 is 0. The van der Waals surface area contributed by atoms with Gasteiger partial charge in [0.05, 0.1) is 17.9 Å². The summed E-state index contributed by atoms with van der Waals surface area (Å²) in [7, 11) is 1.47. The molecule has 0 fully saturated rings. The van der Waals surface area contributed by atoms with E-state index >= 15 is 0 Å². The number of nitrogens with zero attached hydrogens (tertiary/aromatic N) is 4. The van der Waals surface area contributed by atoms with Gasteiger partial charge < -0.3 is 14.8 Å². The molecule has 0 bridgehead atoms. The van der Waals surface area contributed by atoms with Crippen molar-refractivity contribution in [1.29, 1.82) is 0 Å². The van der Waals surface area contributed by atoms with Crippen molar-refractivity contribution in [3.05, 3.63) is 16.1 Å². The average molecular weight is 240 g/mol. The molecule has 0 radical (unpaired) electrons. The van der Waals surface area contributed by atoms with Crippen molar-refractivity contribution in [2.75, 3.05) is 13.7 Å². The van der Waals surface area contributed by atoms with Crippen LogP contribution in [-0.2, 0) is 9.57 Å². The molecule has 1 aromatic rings. The van der Waals surface area contributed by atoms with Gasteiger partial charge in [0.25, 0.3) is 5.71 Å². The zero-order valence-corrected chi connectivity index (χ0v) is 8.77. The lowest BCUT2D eigenvalue weighted by Crippen LogP contribution is -2.47. The minimum Gasteiger partial charge on any atom is -0.400 e. The van der Waals surface area contributed by atoms with Gasteiger partial charge in [-0.05, 0) is 4.90 Å². The van der Waals surface area contributed by atoms with Crippen molar-refractivity contribution in [2.24, 2.45) is 4.99 Å². The summed E-state index contributed by atoms with van der Waals surface area (Å²) in [5.74, 6) is -0.423. The molecule has 1 aromatic heterocycles. The summed E-state index contributed by atoms with van der Waals surface area (Å²) in [6, 6.07) is 0. The average Bonchev–Trinajstić information content (AvgIpc) is 2.72. The maximum Gasteiger partial charge on any atom is 0.337 e. The zero-order valence-electron chi connectivity index (χ0n) is 8.77. The zero-order chi connectivity index (χ0) is 12.0. The Morgan fingerprint density at radius 2 is 2.35 bits per heavy atom. The highest BCUT2D eigenvalue weighted by Crippen LogP contribution is 2.32. The summed E-state index contributed by atoms with van der Waals surface area (Å²) in [4.78, 5) is 9.27. The van der Waals surface area contributed by atoms with Crippen LogP contribution in [0.2, 0.25) is 0 Å². The van der Waals surface area contributed by atoms with Crippen LogP contribution in [0.3, 0.4) is 0 Å². The Morgan fingerprint density at radius 1 is 1.53 bits per heavy atom. The van der Waals surface area contributed by atoms with Crippen molar-refractivity contribution in [3.63, 3.8) is 0 Å². The Morgan fingerprint density at radius 3 is 3.12 bits per heavy atom. The van der Waals surface area contributed by atoms with Crippen LogP contribution in [0.25, 0.3) is 0 Å². The van der Waals surface area contributed by atoms with E-state index in [1.54, 1.807) is 0 Å². The fourth-order valence-electron chi connectivity index (χ4n) is 1.98. The highest BCUT2D eigenvalue weighted by molar-refractivity contribution is 6.32. The van der Waals surface area contributed by atoms with Crippen LogP contribution in [0.15, 0.2) is 9.62 Å². The number of ether oxygens (including phenoxy) is 1. The summed E-state index contributed by atoms with van der Waals surface area (Å²) in [6.45, 7) is 0.0482. The van der Waals surface area contributed by atoms with Crippen LogP contribution in [0.1, 0.15) is 11.6 Å². The molecule has 9 heteroatoms. The van der Waals surface area contributed by atoms with Gasteiger partial charge in [0.1, 0.15) is 6.21 Å². The van der Waals surface area contributed by atoms with Gasteiger partial charge in [0.15, 0.2) is 5.92 Å². The number of aromatic nitrogens is 2. The van der Waals surface area contributed by atoms with E-state index in [9.17, 15) is 10.4 Å². The predicted octanol–water partition coefficient (Wildman–Crippen LogP) is -0.981. The van der Waals surface area contributed by atoms with E-state index < -0.39 is 12.0 Å². The third-order valence-electron chi connectivity index (χ3n) is 2.80. The van der Waals surface area contributed by atoms with Gasteiger partial charge in [-0.25, -0.2) is 4.99 Å². The van der Waals surface area contributed by atoms with Crippen molar-refractivity contribution in [3.8, 4) is 0 Å². The van der Waals surface area contributed by atoms with Gasteiger partial charge in [-0.1, -0.05) is 0 Å². The molecular weight excluding hydrogens is 232 g/mol. The molecule has 2 aliphatic rings. The molecule has 2 unspecified atom stereocenters. The first-order chi connectivity index (χ1) is 8.22. The van der Waals surface area contributed by atoms with Gasteiger partial charge in [-0.15, -0.1) is 0 Å². The number of hydrogen-bond acceptors (Lipinski definition) is 7. The lowest BCUT2D eigenvalue weighted by molar-refractivity contribution is -0.809. The molecule has 0 amide bonds. The van der Waals surface area contributed by atoms with Crippen LogP contribution in [0.4, 0.5) is 5.82 Å². The van der Waals surface area contributed by atoms with Gasteiger partial charge in [0.2, 0.25) is 5.69 Å². The van der Waals surface area contributed by atoms with Crippen molar-refractivity contribution < 1.29 is 24.0 Å². The normalized spacial score (nSPS) is 26.4. The summed E-state index contributed by atoms with van der Waals surface area (Å²) in [5, 5.41) is 26.4. The number of fused-ring (bicyclic) bond motifs is 3. The minimum atomic E-state index is -0.581. The van der Waals surface area contributed by atoms with Crippen LogP contribution in [0.5, 0.6) is 0 Å². The summed E-state index contributed by atoms with van der Waals surface area (Å²) < 4.78 is 9.66. The van der Waals surface area contributed by atoms with Gasteiger partial charge in [-0.3, -0.25) is 9.84 Å².